The lowest BCUT2D eigenvalue weighted by molar-refractivity contribution is 0.284. The molecule has 0 amide bonds. The van der Waals surface area contributed by atoms with E-state index in [9.17, 15) is 0 Å². The van der Waals surface area contributed by atoms with Gasteiger partial charge in [0.25, 0.3) is 0 Å². The van der Waals surface area contributed by atoms with E-state index < -0.39 is 0 Å². The van der Waals surface area contributed by atoms with E-state index >= 15 is 0 Å². The molecule has 1 unspecified atom stereocenters. The van der Waals surface area contributed by atoms with Crippen LogP contribution in [0.2, 0.25) is 0 Å². The molecular weight excluding hydrogens is 342 g/mol. The van der Waals surface area contributed by atoms with Gasteiger partial charge in [-0.25, -0.2) is 0 Å². The molecule has 0 bridgehead atoms. The predicted octanol–water partition coefficient (Wildman–Crippen LogP) is 8.07. The third-order valence-corrected chi connectivity index (χ3v) is 5.82. The molecule has 0 aliphatic heterocycles. The van der Waals surface area contributed by atoms with Crippen LogP contribution < -0.4 is 5.73 Å². The number of aliphatic hydroxyl groups excluding tert-OH is 1. The van der Waals surface area contributed by atoms with Gasteiger partial charge in [-0.2, -0.15) is 0 Å². The molecule has 0 aliphatic rings. The summed E-state index contributed by atoms with van der Waals surface area (Å²) in [6, 6.07) is -0.176. The second-order valence-electron chi connectivity index (χ2n) is 8.78. The topological polar surface area (TPSA) is 46.2 Å². The first-order valence-electron chi connectivity index (χ1n) is 12.8. The van der Waals surface area contributed by atoms with Gasteiger partial charge in [-0.1, -0.05) is 141 Å². The van der Waals surface area contributed by atoms with Gasteiger partial charge in [0.1, 0.15) is 0 Å². The van der Waals surface area contributed by atoms with E-state index in [4.69, 9.17) is 10.8 Å². The van der Waals surface area contributed by atoms with Crippen molar-refractivity contribution in [2.24, 2.45) is 5.73 Å². The molecule has 0 radical (unpaired) electrons. The van der Waals surface area contributed by atoms with Gasteiger partial charge in [0, 0.05) is 6.04 Å². The predicted molar refractivity (Wildman–Crippen MR) is 127 cm³/mol. The Balaban J connectivity index is 3.04. The number of nitrogens with two attached hydrogens (primary N) is 1. The molecular formula is C26H53NO. The number of unbranched alkanes of at least 4 members (excludes halogenated alkanes) is 20. The minimum absolute atomic E-state index is 0.0513. The lowest BCUT2D eigenvalue weighted by atomic mass is 10.0. The van der Waals surface area contributed by atoms with Gasteiger partial charge in [-0.15, -0.1) is 0 Å². The van der Waals surface area contributed by atoms with Crippen molar-refractivity contribution in [2.45, 2.75) is 148 Å². The van der Waals surface area contributed by atoms with Gasteiger partial charge in [0.2, 0.25) is 0 Å². The van der Waals surface area contributed by atoms with Crippen LogP contribution >= 0.6 is 0 Å². The standard InChI is InChI=1S/C26H53NO/c1-2-3-4-5-6-7-8-9-10-11-12-13-14-15-16-17-18-19-20-21-22-23-24-26(27)25-28/h23-24,26,28H,2-22,25,27H2,1H3/b24-23+. The van der Waals surface area contributed by atoms with E-state index in [1.54, 1.807) is 0 Å². The summed E-state index contributed by atoms with van der Waals surface area (Å²) in [5, 5.41) is 8.83. The number of hydrogen-bond acceptors (Lipinski definition) is 2. The minimum atomic E-state index is -0.176. The normalized spacial score (nSPS) is 12.8. The Labute approximate surface area is 177 Å². The maximum Gasteiger partial charge on any atom is 0.0618 e. The smallest absolute Gasteiger partial charge is 0.0618 e. The summed E-state index contributed by atoms with van der Waals surface area (Å²) < 4.78 is 0. The average molecular weight is 396 g/mol. The van der Waals surface area contributed by atoms with Crippen LogP contribution in [0, 0.1) is 0 Å². The van der Waals surface area contributed by atoms with Crippen molar-refractivity contribution in [1.82, 2.24) is 0 Å². The molecule has 2 nitrogen and oxygen atoms in total. The molecule has 1 atom stereocenters. The van der Waals surface area contributed by atoms with Crippen molar-refractivity contribution < 1.29 is 5.11 Å². The molecule has 0 saturated carbocycles. The molecule has 0 rings (SSSR count). The molecule has 0 aliphatic carbocycles. The molecule has 168 valence electrons. The first-order chi connectivity index (χ1) is 13.8. The third kappa shape index (κ3) is 23.7. The first-order valence-corrected chi connectivity index (χ1v) is 12.8. The Morgan fingerprint density at radius 2 is 0.893 bits per heavy atom. The molecule has 0 saturated heterocycles. The Morgan fingerprint density at radius 3 is 1.21 bits per heavy atom. The summed E-state index contributed by atoms with van der Waals surface area (Å²) in [6.45, 7) is 2.34. The van der Waals surface area contributed by atoms with Crippen molar-refractivity contribution >= 4 is 0 Å². The van der Waals surface area contributed by atoms with E-state index in [-0.39, 0.29) is 12.6 Å². The highest BCUT2D eigenvalue weighted by atomic mass is 16.3. The number of rotatable bonds is 23. The van der Waals surface area contributed by atoms with Gasteiger partial charge in [0.15, 0.2) is 0 Å². The van der Waals surface area contributed by atoms with Crippen LogP contribution in [0.1, 0.15) is 142 Å². The monoisotopic (exact) mass is 395 g/mol. The van der Waals surface area contributed by atoms with Crippen molar-refractivity contribution in [3.63, 3.8) is 0 Å². The summed E-state index contributed by atoms with van der Waals surface area (Å²) in [5.74, 6) is 0. The molecule has 0 aromatic heterocycles. The Kier molecular flexibility index (Phi) is 24.4. The molecule has 0 heterocycles. The summed E-state index contributed by atoms with van der Waals surface area (Å²) in [6.07, 6.45) is 33.7. The highest BCUT2D eigenvalue weighted by Gasteiger charge is 1.95. The minimum Gasteiger partial charge on any atom is -0.394 e. The highest BCUT2D eigenvalue weighted by molar-refractivity contribution is 4.90. The second-order valence-corrected chi connectivity index (χ2v) is 8.78. The van der Waals surface area contributed by atoms with E-state index in [1.165, 1.54) is 128 Å². The molecule has 2 heteroatoms. The first kappa shape index (κ1) is 27.7. The molecule has 0 aromatic carbocycles. The van der Waals surface area contributed by atoms with Gasteiger partial charge >= 0.3 is 0 Å². The largest absolute Gasteiger partial charge is 0.394 e. The van der Waals surface area contributed by atoms with E-state index in [0.717, 1.165) is 6.42 Å². The lowest BCUT2D eigenvalue weighted by Crippen LogP contribution is -2.20. The fraction of sp³-hybridized carbons (Fsp3) is 0.923. The zero-order valence-corrected chi connectivity index (χ0v) is 19.3. The van der Waals surface area contributed by atoms with Crippen molar-refractivity contribution in [2.75, 3.05) is 6.61 Å². The zero-order chi connectivity index (χ0) is 20.5. The van der Waals surface area contributed by atoms with Crippen molar-refractivity contribution in [3.8, 4) is 0 Å². The molecule has 3 N–H and O–H groups in total. The number of allylic oxidation sites excluding steroid dienone is 1. The van der Waals surface area contributed by atoms with E-state index in [2.05, 4.69) is 13.0 Å². The fourth-order valence-electron chi connectivity index (χ4n) is 3.85. The molecule has 28 heavy (non-hydrogen) atoms. The Bertz CT molecular complexity index is 303. The van der Waals surface area contributed by atoms with Crippen molar-refractivity contribution in [1.29, 1.82) is 0 Å². The summed E-state index contributed by atoms with van der Waals surface area (Å²) >= 11 is 0. The van der Waals surface area contributed by atoms with E-state index in [0.29, 0.717) is 0 Å². The third-order valence-electron chi connectivity index (χ3n) is 5.82. The second kappa shape index (κ2) is 24.7. The Hall–Kier alpha value is -0.340. The summed E-state index contributed by atoms with van der Waals surface area (Å²) in [4.78, 5) is 0. The van der Waals surface area contributed by atoms with Crippen LogP contribution in [0.15, 0.2) is 12.2 Å². The van der Waals surface area contributed by atoms with Gasteiger partial charge < -0.3 is 10.8 Å². The maximum absolute atomic E-state index is 8.83. The fourth-order valence-corrected chi connectivity index (χ4v) is 3.85. The summed E-state index contributed by atoms with van der Waals surface area (Å²) in [5.41, 5.74) is 5.62. The van der Waals surface area contributed by atoms with Crippen LogP contribution in [-0.4, -0.2) is 17.8 Å². The quantitative estimate of drug-likeness (QED) is 0.136. The SMILES string of the molecule is CCCCCCCCCCCCCCCCCCCCCC/C=C/C(N)CO. The van der Waals surface area contributed by atoms with Crippen LogP contribution in [0.4, 0.5) is 0 Å². The van der Waals surface area contributed by atoms with Crippen LogP contribution in [0.3, 0.4) is 0 Å². The maximum atomic E-state index is 8.83. The zero-order valence-electron chi connectivity index (χ0n) is 19.3. The summed E-state index contributed by atoms with van der Waals surface area (Å²) in [7, 11) is 0. The van der Waals surface area contributed by atoms with Crippen molar-refractivity contribution in [3.05, 3.63) is 12.2 Å². The number of aliphatic hydroxyl groups is 1. The average Bonchev–Trinajstić information content (AvgIpc) is 2.71. The van der Waals surface area contributed by atoms with Gasteiger partial charge in [-0.3, -0.25) is 0 Å². The van der Waals surface area contributed by atoms with Crippen LogP contribution in [-0.2, 0) is 0 Å². The molecule has 0 spiro atoms. The van der Waals surface area contributed by atoms with Crippen LogP contribution in [0.5, 0.6) is 0 Å². The lowest BCUT2D eigenvalue weighted by Gasteiger charge is -2.04. The molecule has 0 fully saturated rings. The van der Waals surface area contributed by atoms with Gasteiger partial charge in [-0.05, 0) is 12.8 Å². The van der Waals surface area contributed by atoms with Gasteiger partial charge in [0.05, 0.1) is 6.61 Å². The molecule has 0 aromatic rings. The van der Waals surface area contributed by atoms with Crippen LogP contribution in [0.25, 0.3) is 0 Å². The number of hydrogen-bond donors (Lipinski definition) is 2. The van der Waals surface area contributed by atoms with E-state index in [1.807, 2.05) is 6.08 Å². The Morgan fingerprint density at radius 1 is 0.571 bits per heavy atom. The highest BCUT2D eigenvalue weighted by Crippen LogP contribution is 2.15.